The van der Waals surface area contributed by atoms with Crippen molar-refractivity contribution >= 4 is 5.91 Å². The lowest BCUT2D eigenvalue weighted by Gasteiger charge is -2.10. The molecule has 5 nitrogen and oxygen atoms in total. The molecule has 1 rings (SSSR count). The molecule has 86 valence electrons. The first-order valence-corrected chi connectivity index (χ1v) is 5.06. The monoisotopic (exact) mass is 221 g/mol. The summed E-state index contributed by atoms with van der Waals surface area (Å²) >= 11 is 0. The van der Waals surface area contributed by atoms with Crippen molar-refractivity contribution in [2.24, 2.45) is 5.18 Å². The summed E-state index contributed by atoms with van der Waals surface area (Å²) in [7, 11) is 0. The van der Waals surface area contributed by atoms with Crippen LogP contribution in [0.4, 0.5) is 0 Å². The van der Waals surface area contributed by atoms with Crippen LogP contribution in [0.15, 0.2) is 35.5 Å². The first-order chi connectivity index (χ1) is 7.74. The lowest BCUT2D eigenvalue weighted by molar-refractivity contribution is -0.119. The average Bonchev–Trinajstić information content (AvgIpc) is 2.30. The quantitative estimate of drug-likeness (QED) is 0.430. The van der Waals surface area contributed by atoms with Gasteiger partial charge < -0.3 is 5.32 Å². The number of benzene rings is 1. The number of nitroso groups, excluding NO2 is 1. The first kappa shape index (κ1) is 12.3. The van der Waals surface area contributed by atoms with E-state index in [0.29, 0.717) is 13.2 Å². The number of rotatable bonds is 6. The zero-order valence-corrected chi connectivity index (χ0v) is 9.14. The maximum absolute atomic E-state index is 10.7. The SMILES string of the molecule is CC(=O)NCNCC(N=O)c1ccccc1. The highest BCUT2D eigenvalue weighted by Crippen LogP contribution is 2.14. The lowest BCUT2D eigenvalue weighted by atomic mass is 10.1. The summed E-state index contributed by atoms with van der Waals surface area (Å²) in [6.07, 6.45) is 0. The van der Waals surface area contributed by atoms with Gasteiger partial charge in [-0.25, -0.2) is 0 Å². The Morgan fingerprint density at radius 1 is 1.38 bits per heavy atom. The van der Waals surface area contributed by atoms with E-state index in [9.17, 15) is 9.70 Å². The zero-order chi connectivity index (χ0) is 11.8. The van der Waals surface area contributed by atoms with Gasteiger partial charge in [-0.2, -0.15) is 4.91 Å². The second-order valence-electron chi connectivity index (χ2n) is 3.40. The van der Waals surface area contributed by atoms with E-state index in [1.165, 1.54) is 6.92 Å². The molecule has 0 aliphatic carbocycles. The first-order valence-electron chi connectivity index (χ1n) is 5.06. The molecule has 1 unspecified atom stereocenters. The minimum absolute atomic E-state index is 0.108. The molecule has 0 radical (unpaired) electrons. The van der Waals surface area contributed by atoms with E-state index in [0.717, 1.165) is 5.56 Å². The number of nitrogens with zero attached hydrogens (tertiary/aromatic N) is 1. The molecule has 0 aliphatic heterocycles. The lowest BCUT2D eigenvalue weighted by Crippen LogP contribution is -2.34. The van der Waals surface area contributed by atoms with Gasteiger partial charge in [-0.1, -0.05) is 35.5 Å². The summed E-state index contributed by atoms with van der Waals surface area (Å²) in [5.74, 6) is -0.108. The fourth-order valence-corrected chi connectivity index (χ4v) is 1.29. The Balaban J connectivity index is 2.38. The van der Waals surface area contributed by atoms with Gasteiger partial charge in [-0.15, -0.1) is 0 Å². The highest BCUT2D eigenvalue weighted by Gasteiger charge is 2.09. The van der Waals surface area contributed by atoms with E-state index in [2.05, 4.69) is 15.8 Å². The van der Waals surface area contributed by atoms with Crippen molar-refractivity contribution in [3.8, 4) is 0 Å². The standard InChI is InChI=1S/C11H15N3O2/c1-9(15)13-8-12-7-11(14-16)10-5-3-2-4-6-10/h2-6,11-12H,7-8H2,1H3,(H,13,15). The van der Waals surface area contributed by atoms with Gasteiger partial charge in [0.2, 0.25) is 5.91 Å². The van der Waals surface area contributed by atoms with Crippen LogP contribution in [0.2, 0.25) is 0 Å². The minimum atomic E-state index is -0.421. The van der Waals surface area contributed by atoms with Crippen molar-refractivity contribution in [3.63, 3.8) is 0 Å². The molecule has 0 aliphatic rings. The van der Waals surface area contributed by atoms with Gasteiger partial charge >= 0.3 is 0 Å². The molecule has 0 fully saturated rings. The van der Waals surface area contributed by atoms with Crippen LogP contribution in [-0.2, 0) is 4.79 Å². The summed E-state index contributed by atoms with van der Waals surface area (Å²) in [4.78, 5) is 21.2. The van der Waals surface area contributed by atoms with E-state index in [1.807, 2.05) is 30.3 Å². The maximum Gasteiger partial charge on any atom is 0.217 e. The molecule has 16 heavy (non-hydrogen) atoms. The predicted molar refractivity (Wildman–Crippen MR) is 61.7 cm³/mol. The van der Waals surface area contributed by atoms with Crippen LogP contribution in [0.25, 0.3) is 0 Å². The molecule has 2 N–H and O–H groups in total. The molecular weight excluding hydrogens is 206 g/mol. The predicted octanol–water partition coefficient (Wildman–Crippen LogP) is 1.18. The van der Waals surface area contributed by atoms with Crippen LogP contribution in [-0.4, -0.2) is 19.1 Å². The third-order valence-electron chi connectivity index (χ3n) is 2.11. The Morgan fingerprint density at radius 2 is 2.06 bits per heavy atom. The van der Waals surface area contributed by atoms with Crippen molar-refractivity contribution < 1.29 is 4.79 Å². The molecule has 0 bridgehead atoms. The fourth-order valence-electron chi connectivity index (χ4n) is 1.29. The molecule has 0 heterocycles. The number of nitrogens with one attached hydrogen (secondary N) is 2. The number of amides is 1. The van der Waals surface area contributed by atoms with E-state index < -0.39 is 6.04 Å². The van der Waals surface area contributed by atoms with Crippen LogP contribution in [0, 0.1) is 4.91 Å². The van der Waals surface area contributed by atoms with Crippen molar-refractivity contribution in [2.75, 3.05) is 13.2 Å². The summed E-state index contributed by atoms with van der Waals surface area (Å²) in [6, 6.07) is 8.90. The Morgan fingerprint density at radius 3 is 2.62 bits per heavy atom. The van der Waals surface area contributed by atoms with Crippen molar-refractivity contribution in [3.05, 3.63) is 40.8 Å². The van der Waals surface area contributed by atoms with Crippen molar-refractivity contribution in [2.45, 2.75) is 13.0 Å². The molecule has 0 aromatic heterocycles. The minimum Gasteiger partial charge on any atom is -0.344 e. The second kappa shape index (κ2) is 6.68. The average molecular weight is 221 g/mol. The van der Waals surface area contributed by atoms with Crippen LogP contribution in [0.1, 0.15) is 18.5 Å². The third-order valence-corrected chi connectivity index (χ3v) is 2.11. The molecule has 0 saturated heterocycles. The van der Waals surface area contributed by atoms with Crippen LogP contribution in [0.5, 0.6) is 0 Å². The number of hydrogen-bond donors (Lipinski definition) is 2. The van der Waals surface area contributed by atoms with Crippen LogP contribution >= 0.6 is 0 Å². The van der Waals surface area contributed by atoms with E-state index >= 15 is 0 Å². The molecule has 1 aromatic rings. The third kappa shape index (κ3) is 4.18. The summed E-state index contributed by atoms with van der Waals surface area (Å²) in [6.45, 7) is 2.19. The van der Waals surface area contributed by atoms with Gasteiger partial charge in [0, 0.05) is 13.5 Å². The topological polar surface area (TPSA) is 70.6 Å². The molecule has 0 spiro atoms. The maximum atomic E-state index is 10.7. The summed E-state index contributed by atoms with van der Waals surface area (Å²) in [5, 5.41) is 8.57. The van der Waals surface area contributed by atoms with E-state index in [-0.39, 0.29) is 5.91 Å². The number of carbonyl (C=O) groups is 1. The van der Waals surface area contributed by atoms with Gasteiger partial charge in [0.15, 0.2) is 0 Å². The highest BCUT2D eigenvalue weighted by atomic mass is 16.3. The second-order valence-corrected chi connectivity index (χ2v) is 3.40. The Bertz CT molecular complexity index is 340. The van der Waals surface area contributed by atoms with E-state index in [1.54, 1.807) is 0 Å². The largest absolute Gasteiger partial charge is 0.344 e. The molecule has 1 atom stereocenters. The summed E-state index contributed by atoms with van der Waals surface area (Å²) < 4.78 is 0. The normalized spacial score (nSPS) is 11.8. The Hall–Kier alpha value is -1.75. The molecule has 5 heteroatoms. The van der Waals surface area contributed by atoms with Crippen LogP contribution in [0.3, 0.4) is 0 Å². The zero-order valence-electron chi connectivity index (χ0n) is 9.14. The van der Waals surface area contributed by atoms with Crippen LogP contribution < -0.4 is 10.6 Å². The molecule has 1 amide bonds. The fraction of sp³-hybridized carbons (Fsp3) is 0.364. The van der Waals surface area contributed by atoms with Gasteiger partial charge in [-0.3, -0.25) is 10.1 Å². The van der Waals surface area contributed by atoms with Crippen molar-refractivity contribution in [1.29, 1.82) is 0 Å². The van der Waals surface area contributed by atoms with Crippen molar-refractivity contribution in [1.82, 2.24) is 10.6 Å². The van der Waals surface area contributed by atoms with Gasteiger partial charge in [0.05, 0.1) is 6.67 Å². The molecular formula is C11H15N3O2. The molecule has 0 saturated carbocycles. The van der Waals surface area contributed by atoms with Gasteiger partial charge in [0.1, 0.15) is 6.04 Å². The smallest absolute Gasteiger partial charge is 0.217 e. The van der Waals surface area contributed by atoms with Gasteiger partial charge in [-0.05, 0) is 5.56 Å². The highest BCUT2D eigenvalue weighted by molar-refractivity contribution is 5.72. The summed E-state index contributed by atoms with van der Waals surface area (Å²) in [5.41, 5.74) is 0.868. The molecule has 1 aromatic carbocycles. The number of carbonyl (C=O) groups excluding carboxylic acids is 1. The Kier molecular flexibility index (Phi) is 5.15. The Labute approximate surface area is 94.2 Å². The van der Waals surface area contributed by atoms with Gasteiger partial charge in [0.25, 0.3) is 0 Å². The number of hydrogen-bond acceptors (Lipinski definition) is 4. The van der Waals surface area contributed by atoms with E-state index in [4.69, 9.17) is 0 Å².